The zero-order valence-corrected chi connectivity index (χ0v) is 14.2. The molecule has 6 heteroatoms. The monoisotopic (exact) mass is 339 g/mol. The van der Waals surface area contributed by atoms with Gasteiger partial charge in [-0.3, -0.25) is 9.48 Å². The number of hydrogen-bond acceptors (Lipinski definition) is 4. The van der Waals surface area contributed by atoms with E-state index in [0.29, 0.717) is 23.6 Å². The van der Waals surface area contributed by atoms with Gasteiger partial charge in [-0.1, -0.05) is 12.1 Å². The second-order valence-electron chi connectivity index (χ2n) is 6.37. The van der Waals surface area contributed by atoms with Crippen molar-refractivity contribution in [2.45, 2.75) is 18.9 Å². The molecule has 0 unspecified atom stereocenters. The molecule has 0 N–H and O–H groups in total. The van der Waals surface area contributed by atoms with Crippen molar-refractivity contribution in [3.63, 3.8) is 0 Å². The molecule has 0 radical (unpaired) electrons. The molecule has 0 aliphatic carbocycles. The van der Waals surface area contributed by atoms with Gasteiger partial charge in [-0.15, -0.1) is 0 Å². The predicted octanol–water partition coefficient (Wildman–Crippen LogP) is 2.53. The number of aromatic nitrogens is 2. The van der Waals surface area contributed by atoms with Crippen LogP contribution in [-0.2, 0) is 4.79 Å². The number of fused-ring (bicyclic) bond motifs is 1. The van der Waals surface area contributed by atoms with Crippen LogP contribution < -0.4 is 9.47 Å². The molecule has 4 rings (SSSR count). The quantitative estimate of drug-likeness (QED) is 0.862. The minimum Gasteiger partial charge on any atom is -0.493 e. The first-order chi connectivity index (χ1) is 12.3. The van der Waals surface area contributed by atoms with E-state index in [0.717, 1.165) is 24.9 Å². The lowest BCUT2D eigenvalue weighted by molar-refractivity contribution is -0.129. The molecule has 6 nitrogen and oxygen atoms in total. The maximum atomic E-state index is 12.9. The number of benzene rings is 1. The van der Waals surface area contributed by atoms with Crippen LogP contribution in [0.5, 0.6) is 11.5 Å². The summed E-state index contributed by atoms with van der Waals surface area (Å²) >= 11 is 0. The Hall–Kier alpha value is -2.76. The Kier molecular flexibility index (Phi) is 4.17. The van der Waals surface area contributed by atoms with E-state index in [1.807, 2.05) is 46.1 Å². The van der Waals surface area contributed by atoms with Crippen LogP contribution >= 0.6 is 0 Å². The van der Waals surface area contributed by atoms with Gasteiger partial charge in [0.05, 0.1) is 18.7 Å². The third-order valence-corrected chi connectivity index (χ3v) is 4.79. The molecule has 0 spiro atoms. The standard InChI is InChI=1S/C19H21N3O3/c1-24-17-7-2-5-14-11-15(13-25-18(14)17)19(23)21-9-3-6-16(12-21)22-10-4-8-20-22/h2,4-5,7-8,10-11,16H,3,6,9,12-13H2,1H3/t16-/m1/s1. The number of hydrogen-bond donors (Lipinski definition) is 0. The van der Waals surface area contributed by atoms with E-state index in [1.54, 1.807) is 13.3 Å². The zero-order valence-electron chi connectivity index (χ0n) is 14.2. The molecule has 25 heavy (non-hydrogen) atoms. The first-order valence-electron chi connectivity index (χ1n) is 8.55. The molecule has 2 aliphatic rings. The van der Waals surface area contributed by atoms with Gasteiger partial charge in [-0.05, 0) is 31.1 Å². The minimum atomic E-state index is 0.0466. The second kappa shape index (κ2) is 6.63. The average molecular weight is 339 g/mol. The van der Waals surface area contributed by atoms with Crippen LogP contribution in [0.2, 0.25) is 0 Å². The van der Waals surface area contributed by atoms with E-state index in [1.165, 1.54) is 0 Å². The average Bonchev–Trinajstić information content (AvgIpc) is 3.21. The summed E-state index contributed by atoms with van der Waals surface area (Å²) in [6.07, 6.45) is 7.68. The summed E-state index contributed by atoms with van der Waals surface area (Å²) in [5.41, 5.74) is 1.57. The summed E-state index contributed by atoms with van der Waals surface area (Å²) in [4.78, 5) is 14.9. The highest BCUT2D eigenvalue weighted by Crippen LogP contribution is 2.36. The Balaban J connectivity index is 1.53. The van der Waals surface area contributed by atoms with Gasteiger partial charge in [0.2, 0.25) is 0 Å². The maximum absolute atomic E-state index is 12.9. The van der Waals surface area contributed by atoms with Crippen LogP contribution in [0, 0.1) is 0 Å². The molecule has 2 aromatic rings. The van der Waals surface area contributed by atoms with Crippen LogP contribution in [0.4, 0.5) is 0 Å². The van der Waals surface area contributed by atoms with E-state index in [4.69, 9.17) is 9.47 Å². The van der Waals surface area contributed by atoms with E-state index in [-0.39, 0.29) is 18.6 Å². The predicted molar refractivity (Wildman–Crippen MR) is 93.5 cm³/mol. The van der Waals surface area contributed by atoms with Crippen molar-refractivity contribution in [2.75, 3.05) is 26.8 Å². The molecule has 1 aromatic carbocycles. The first-order valence-corrected chi connectivity index (χ1v) is 8.55. The number of amides is 1. The Morgan fingerprint density at radius 2 is 2.28 bits per heavy atom. The van der Waals surface area contributed by atoms with Crippen molar-refractivity contribution in [1.82, 2.24) is 14.7 Å². The molecule has 1 fully saturated rings. The number of carbonyl (C=O) groups is 1. The highest BCUT2D eigenvalue weighted by molar-refractivity contribution is 5.99. The molecule has 0 saturated carbocycles. The van der Waals surface area contributed by atoms with Gasteiger partial charge in [0.15, 0.2) is 11.5 Å². The third-order valence-electron chi connectivity index (χ3n) is 4.79. The van der Waals surface area contributed by atoms with E-state index >= 15 is 0 Å². The summed E-state index contributed by atoms with van der Waals surface area (Å²) < 4.78 is 13.1. The molecule has 1 aromatic heterocycles. The summed E-state index contributed by atoms with van der Waals surface area (Å²) in [5, 5.41) is 4.32. The fourth-order valence-corrected chi connectivity index (χ4v) is 3.52. The number of carbonyl (C=O) groups excluding carboxylic acids is 1. The van der Waals surface area contributed by atoms with Gasteiger partial charge in [-0.25, -0.2) is 0 Å². The third kappa shape index (κ3) is 2.99. The number of rotatable bonds is 3. The van der Waals surface area contributed by atoms with Gasteiger partial charge in [0, 0.05) is 31.0 Å². The first kappa shape index (κ1) is 15.7. The Morgan fingerprint density at radius 1 is 1.36 bits per heavy atom. The lowest BCUT2D eigenvalue weighted by atomic mass is 10.0. The van der Waals surface area contributed by atoms with E-state index in [9.17, 15) is 4.79 Å². The van der Waals surface area contributed by atoms with E-state index in [2.05, 4.69) is 5.10 Å². The van der Waals surface area contributed by atoms with Crippen molar-refractivity contribution < 1.29 is 14.3 Å². The number of nitrogens with zero attached hydrogens (tertiary/aromatic N) is 3. The van der Waals surface area contributed by atoms with Gasteiger partial charge in [-0.2, -0.15) is 5.10 Å². The van der Waals surface area contributed by atoms with Crippen molar-refractivity contribution in [1.29, 1.82) is 0 Å². The normalized spacial score (nSPS) is 19.6. The fourth-order valence-electron chi connectivity index (χ4n) is 3.52. The smallest absolute Gasteiger partial charge is 0.253 e. The molecule has 1 atom stereocenters. The molecular weight excluding hydrogens is 318 g/mol. The minimum absolute atomic E-state index is 0.0466. The zero-order chi connectivity index (χ0) is 17.2. The van der Waals surface area contributed by atoms with Crippen LogP contribution in [0.1, 0.15) is 24.4 Å². The summed E-state index contributed by atoms with van der Waals surface area (Å²) in [6, 6.07) is 7.86. The molecule has 3 heterocycles. The maximum Gasteiger partial charge on any atom is 0.253 e. The molecular formula is C19H21N3O3. The van der Waals surface area contributed by atoms with Gasteiger partial charge in [0.1, 0.15) is 6.61 Å². The lowest BCUT2D eigenvalue weighted by Crippen LogP contribution is -2.42. The fraction of sp³-hybridized carbons (Fsp3) is 0.368. The lowest BCUT2D eigenvalue weighted by Gasteiger charge is -2.34. The van der Waals surface area contributed by atoms with Crippen molar-refractivity contribution in [3.8, 4) is 11.5 Å². The van der Waals surface area contributed by atoms with Crippen LogP contribution in [0.3, 0.4) is 0 Å². The number of methoxy groups -OCH3 is 1. The Labute approximate surface area is 146 Å². The number of ether oxygens (including phenoxy) is 2. The molecule has 1 amide bonds. The topological polar surface area (TPSA) is 56.6 Å². The van der Waals surface area contributed by atoms with Crippen molar-refractivity contribution in [2.24, 2.45) is 0 Å². The molecule has 2 aliphatic heterocycles. The summed E-state index contributed by atoms with van der Waals surface area (Å²) in [6.45, 7) is 1.73. The Morgan fingerprint density at radius 3 is 3.08 bits per heavy atom. The highest BCUT2D eigenvalue weighted by atomic mass is 16.5. The Bertz CT molecular complexity index is 798. The van der Waals surface area contributed by atoms with Gasteiger partial charge >= 0.3 is 0 Å². The highest BCUT2D eigenvalue weighted by Gasteiger charge is 2.28. The van der Waals surface area contributed by atoms with Crippen LogP contribution in [0.25, 0.3) is 6.08 Å². The molecule has 0 bridgehead atoms. The summed E-state index contributed by atoms with van der Waals surface area (Å²) in [5.74, 6) is 1.44. The van der Waals surface area contributed by atoms with Gasteiger partial charge in [0.25, 0.3) is 5.91 Å². The second-order valence-corrected chi connectivity index (χ2v) is 6.37. The largest absolute Gasteiger partial charge is 0.493 e. The van der Waals surface area contributed by atoms with Gasteiger partial charge < -0.3 is 14.4 Å². The SMILES string of the molecule is COc1cccc2c1OCC(C(=O)N1CCC[C@@H](n3cccn3)C1)=C2. The van der Waals surface area contributed by atoms with Crippen LogP contribution in [0.15, 0.2) is 42.2 Å². The molecule has 130 valence electrons. The number of para-hydroxylation sites is 1. The van der Waals surface area contributed by atoms with Crippen LogP contribution in [-0.4, -0.2) is 47.4 Å². The summed E-state index contributed by atoms with van der Waals surface area (Å²) in [7, 11) is 1.62. The van der Waals surface area contributed by atoms with Crippen molar-refractivity contribution >= 4 is 12.0 Å². The number of piperidine rings is 1. The number of likely N-dealkylation sites (tertiary alicyclic amines) is 1. The van der Waals surface area contributed by atoms with Crippen molar-refractivity contribution in [3.05, 3.63) is 47.8 Å². The van der Waals surface area contributed by atoms with E-state index < -0.39 is 0 Å². The molecule has 1 saturated heterocycles.